The van der Waals surface area contributed by atoms with Crippen molar-refractivity contribution in [3.63, 3.8) is 0 Å². The minimum Gasteiger partial charge on any atom is -0.431 e. The molecule has 0 amide bonds. The van der Waals surface area contributed by atoms with Crippen molar-refractivity contribution in [2.24, 2.45) is 0 Å². The number of benzene rings is 1. The van der Waals surface area contributed by atoms with E-state index in [1.54, 1.807) is 24.3 Å². The Kier molecular flexibility index (Phi) is 2.69. The summed E-state index contributed by atoms with van der Waals surface area (Å²) in [4.78, 5) is 13.7. The Labute approximate surface area is 94.5 Å². The third kappa shape index (κ3) is 2.26. The molecule has 1 aromatic heterocycles. The molecule has 0 unspecified atom stereocenters. The van der Waals surface area contributed by atoms with E-state index in [0.717, 1.165) is 17.5 Å². The molecule has 0 fully saturated rings. The first-order valence-corrected chi connectivity index (χ1v) is 5.10. The van der Waals surface area contributed by atoms with Gasteiger partial charge in [-0.1, -0.05) is 6.07 Å². The Balaban J connectivity index is 2.17. The van der Waals surface area contributed by atoms with Gasteiger partial charge in [-0.2, -0.15) is 0 Å². The number of nitrogens with zero attached hydrogens (tertiary/aromatic N) is 2. The smallest absolute Gasteiger partial charge is 0.347 e. The van der Waals surface area contributed by atoms with E-state index < -0.39 is 4.92 Å². The van der Waals surface area contributed by atoms with Gasteiger partial charge in [0, 0.05) is 11.8 Å². The third-order valence-electron chi connectivity index (χ3n) is 1.72. The number of nitrogen functional groups attached to an aromatic ring is 1. The lowest BCUT2D eigenvalue weighted by molar-refractivity contribution is -0.380. The molecule has 0 saturated carbocycles. The molecule has 2 rings (SSSR count). The fourth-order valence-electron chi connectivity index (χ4n) is 1.06. The van der Waals surface area contributed by atoms with E-state index in [1.807, 2.05) is 0 Å². The predicted octanol–water partition coefficient (Wildman–Crippen LogP) is 2.43. The molecule has 7 heteroatoms. The van der Waals surface area contributed by atoms with Crippen molar-refractivity contribution in [3.8, 4) is 10.9 Å². The van der Waals surface area contributed by atoms with E-state index in [-0.39, 0.29) is 10.2 Å². The third-order valence-corrected chi connectivity index (χ3v) is 2.54. The fraction of sp³-hybridized carbons (Fsp3) is 0. The Bertz CT molecular complexity index is 526. The standard InChI is InChI=1S/C9H7N3O3S/c10-6-2-1-3-7(4-6)15-9-11-5-8(16-9)12(13)14/h1-5H,10H2. The molecular weight excluding hydrogens is 230 g/mol. The van der Waals surface area contributed by atoms with E-state index in [1.165, 1.54) is 0 Å². The molecule has 0 aliphatic heterocycles. The molecule has 16 heavy (non-hydrogen) atoms. The van der Waals surface area contributed by atoms with Gasteiger partial charge in [0.1, 0.15) is 11.9 Å². The minimum atomic E-state index is -0.510. The first-order valence-electron chi connectivity index (χ1n) is 4.29. The molecule has 0 saturated heterocycles. The summed E-state index contributed by atoms with van der Waals surface area (Å²) in [5.74, 6) is 0.504. The maximum Gasteiger partial charge on any atom is 0.347 e. The summed E-state index contributed by atoms with van der Waals surface area (Å²) in [7, 11) is 0. The van der Waals surface area contributed by atoms with Gasteiger partial charge in [-0.15, -0.1) is 0 Å². The Morgan fingerprint density at radius 1 is 1.50 bits per heavy atom. The van der Waals surface area contributed by atoms with Crippen molar-refractivity contribution >= 4 is 22.0 Å². The second-order valence-corrected chi connectivity index (χ2v) is 3.87. The monoisotopic (exact) mass is 237 g/mol. The molecule has 0 bridgehead atoms. The number of anilines is 1. The molecule has 1 heterocycles. The highest BCUT2D eigenvalue weighted by molar-refractivity contribution is 7.16. The van der Waals surface area contributed by atoms with Gasteiger partial charge in [-0.05, 0) is 23.5 Å². The lowest BCUT2D eigenvalue weighted by Crippen LogP contribution is -1.86. The summed E-state index contributed by atoms with van der Waals surface area (Å²) in [5.41, 5.74) is 6.12. The highest BCUT2D eigenvalue weighted by Crippen LogP contribution is 2.31. The second kappa shape index (κ2) is 4.15. The van der Waals surface area contributed by atoms with Gasteiger partial charge < -0.3 is 10.5 Å². The summed E-state index contributed by atoms with van der Waals surface area (Å²) < 4.78 is 5.31. The highest BCUT2D eigenvalue weighted by Gasteiger charge is 2.12. The minimum absolute atomic E-state index is 0.0566. The van der Waals surface area contributed by atoms with Crippen LogP contribution in [0.15, 0.2) is 30.5 Å². The van der Waals surface area contributed by atoms with Crippen LogP contribution in [0, 0.1) is 10.1 Å². The number of hydrogen-bond donors (Lipinski definition) is 1. The van der Waals surface area contributed by atoms with Crippen molar-refractivity contribution in [1.82, 2.24) is 4.98 Å². The molecular formula is C9H7N3O3S. The van der Waals surface area contributed by atoms with Gasteiger partial charge in [-0.3, -0.25) is 10.1 Å². The summed E-state index contributed by atoms with van der Waals surface area (Å²) in [5, 5.41) is 10.6. The lowest BCUT2D eigenvalue weighted by Gasteiger charge is -2.00. The van der Waals surface area contributed by atoms with E-state index in [2.05, 4.69) is 4.98 Å². The zero-order chi connectivity index (χ0) is 11.5. The molecule has 0 radical (unpaired) electrons. The van der Waals surface area contributed by atoms with E-state index in [0.29, 0.717) is 11.4 Å². The van der Waals surface area contributed by atoms with Crippen LogP contribution in [0.25, 0.3) is 0 Å². The SMILES string of the molecule is Nc1cccc(Oc2ncc([N+](=O)[O-])s2)c1. The highest BCUT2D eigenvalue weighted by atomic mass is 32.1. The molecule has 1 aromatic carbocycles. The van der Waals surface area contributed by atoms with Crippen LogP contribution >= 0.6 is 11.3 Å². The molecule has 6 nitrogen and oxygen atoms in total. The van der Waals surface area contributed by atoms with Crippen LogP contribution in [0.3, 0.4) is 0 Å². The average molecular weight is 237 g/mol. The number of nitro groups is 1. The fourth-order valence-corrected chi connectivity index (χ4v) is 1.66. The Morgan fingerprint density at radius 2 is 2.31 bits per heavy atom. The van der Waals surface area contributed by atoms with Crippen LogP contribution in [0.2, 0.25) is 0 Å². The van der Waals surface area contributed by atoms with Gasteiger partial charge >= 0.3 is 5.00 Å². The van der Waals surface area contributed by atoms with Crippen molar-refractivity contribution in [1.29, 1.82) is 0 Å². The van der Waals surface area contributed by atoms with Gasteiger partial charge in [0.2, 0.25) is 0 Å². The van der Waals surface area contributed by atoms with Crippen LogP contribution < -0.4 is 10.5 Å². The topological polar surface area (TPSA) is 91.3 Å². The van der Waals surface area contributed by atoms with Crippen LogP contribution in [0.4, 0.5) is 10.7 Å². The number of ether oxygens (including phenoxy) is 1. The molecule has 2 N–H and O–H groups in total. The number of hydrogen-bond acceptors (Lipinski definition) is 6. The molecule has 0 aliphatic rings. The molecule has 0 atom stereocenters. The van der Waals surface area contributed by atoms with E-state index >= 15 is 0 Å². The zero-order valence-electron chi connectivity index (χ0n) is 7.99. The predicted molar refractivity (Wildman–Crippen MR) is 59.7 cm³/mol. The maximum absolute atomic E-state index is 10.4. The Morgan fingerprint density at radius 3 is 2.94 bits per heavy atom. The van der Waals surface area contributed by atoms with Crippen molar-refractivity contribution < 1.29 is 9.66 Å². The van der Waals surface area contributed by atoms with E-state index in [4.69, 9.17) is 10.5 Å². The largest absolute Gasteiger partial charge is 0.431 e. The average Bonchev–Trinajstić information content (AvgIpc) is 2.66. The first-order chi connectivity index (χ1) is 7.65. The molecule has 82 valence electrons. The Hall–Kier alpha value is -2.15. The normalized spacial score (nSPS) is 10.0. The second-order valence-electron chi connectivity index (χ2n) is 2.90. The van der Waals surface area contributed by atoms with Crippen molar-refractivity contribution in [3.05, 3.63) is 40.6 Å². The number of aromatic nitrogens is 1. The van der Waals surface area contributed by atoms with Crippen LogP contribution in [0.1, 0.15) is 0 Å². The quantitative estimate of drug-likeness (QED) is 0.502. The lowest BCUT2D eigenvalue weighted by atomic mass is 10.3. The summed E-state index contributed by atoms with van der Waals surface area (Å²) >= 11 is 0.868. The first kappa shape index (κ1) is 10.4. The molecule has 0 aliphatic carbocycles. The van der Waals surface area contributed by atoms with Crippen molar-refractivity contribution in [2.45, 2.75) is 0 Å². The van der Waals surface area contributed by atoms with Crippen molar-refractivity contribution in [2.75, 3.05) is 5.73 Å². The van der Waals surface area contributed by atoms with E-state index in [9.17, 15) is 10.1 Å². The molecule has 0 spiro atoms. The number of nitrogens with two attached hydrogens (primary N) is 1. The van der Waals surface area contributed by atoms with Gasteiger partial charge in [0.05, 0.1) is 4.92 Å². The van der Waals surface area contributed by atoms with Crippen LogP contribution in [0.5, 0.6) is 10.9 Å². The van der Waals surface area contributed by atoms with Crippen LogP contribution in [-0.2, 0) is 0 Å². The summed E-state index contributed by atoms with van der Waals surface area (Å²) in [6.07, 6.45) is 1.16. The summed E-state index contributed by atoms with van der Waals surface area (Å²) in [6.45, 7) is 0. The molecule has 2 aromatic rings. The number of thiazole rings is 1. The van der Waals surface area contributed by atoms with Gasteiger partial charge in [-0.25, -0.2) is 4.98 Å². The van der Waals surface area contributed by atoms with Gasteiger partial charge in [0.15, 0.2) is 0 Å². The zero-order valence-corrected chi connectivity index (χ0v) is 8.81. The maximum atomic E-state index is 10.4. The summed E-state index contributed by atoms with van der Waals surface area (Å²) in [6, 6.07) is 6.76. The van der Waals surface area contributed by atoms with Gasteiger partial charge in [0.25, 0.3) is 5.19 Å². The van der Waals surface area contributed by atoms with Crippen LogP contribution in [-0.4, -0.2) is 9.91 Å². The number of rotatable bonds is 3.